The van der Waals surface area contributed by atoms with Crippen molar-refractivity contribution >= 4 is 17.6 Å². The van der Waals surface area contributed by atoms with Gasteiger partial charge in [-0.05, 0) is 25.5 Å². The standard InChI is InChI=1S/C12H14N2O3/c1-8-6-10(4-5-13-8)14-7-9(12(16)17)2-3-11(14)15/h4-6,9H,2-3,7H2,1H3,(H,16,17). The smallest absolute Gasteiger partial charge is 0.308 e. The minimum atomic E-state index is -0.840. The summed E-state index contributed by atoms with van der Waals surface area (Å²) in [5, 5.41) is 8.99. The van der Waals surface area contributed by atoms with Crippen LogP contribution in [0.2, 0.25) is 0 Å². The van der Waals surface area contributed by atoms with Crippen molar-refractivity contribution < 1.29 is 14.7 Å². The molecule has 0 aliphatic carbocycles. The van der Waals surface area contributed by atoms with Crippen LogP contribution in [0.5, 0.6) is 0 Å². The Labute approximate surface area is 99.1 Å². The average Bonchev–Trinajstić information content (AvgIpc) is 2.29. The van der Waals surface area contributed by atoms with Gasteiger partial charge in [0.2, 0.25) is 5.91 Å². The topological polar surface area (TPSA) is 70.5 Å². The monoisotopic (exact) mass is 234 g/mol. The first-order valence-corrected chi connectivity index (χ1v) is 5.54. The Morgan fingerprint density at radius 1 is 1.59 bits per heavy atom. The number of nitrogens with zero attached hydrogens (tertiary/aromatic N) is 2. The van der Waals surface area contributed by atoms with E-state index < -0.39 is 11.9 Å². The van der Waals surface area contributed by atoms with Crippen LogP contribution in [0.1, 0.15) is 18.5 Å². The molecule has 5 heteroatoms. The first-order valence-electron chi connectivity index (χ1n) is 5.54. The van der Waals surface area contributed by atoms with Crippen molar-refractivity contribution in [2.75, 3.05) is 11.4 Å². The Morgan fingerprint density at radius 2 is 2.35 bits per heavy atom. The fourth-order valence-electron chi connectivity index (χ4n) is 2.00. The normalized spacial score (nSPS) is 20.4. The summed E-state index contributed by atoms with van der Waals surface area (Å²) < 4.78 is 0. The minimum absolute atomic E-state index is 0.0203. The third-order valence-corrected chi connectivity index (χ3v) is 2.95. The highest BCUT2D eigenvalue weighted by Crippen LogP contribution is 2.24. The predicted octanol–water partition coefficient (Wildman–Crippen LogP) is 1.22. The summed E-state index contributed by atoms with van der Waals surface area (Å²) >= 11 is 0. The highest BCUT2D eigenvalue weighted by molar-refractivity contribution is 5.95. The van der Waals surface area contributed by atoms with Gasteiger partial charge in [-0.1, -0.05) is 0 Å². The Morgan fingerprint density at radius 3 is 3.00 bits per heavy atom. The summed E-state index contributed by atoms with van der Waals surface area (Å²) in [6.45, 7) is 2.09. The molecule has 1 aliphatic heterocycles. The van der Waals surface area contributed by atoms with Gasteiger partial charge in [0.25, 0.3) is 0 Å². The van der Waals surface area contributed by atoms with Gasteiger partial charge in [0.1, 0.15) is 0 Å². The van der Waals surface area contributed by atoms with Crippen molar-refractivity contribution in [3.05, 3.63) is 24.0 Å². The molecule has 5 nitrogen and oxygen atoms in total. The summed E-state index contributed by atoms with van der Waals surface area (Å²) in [4.78, 5) is 28.3. The highest BCUT2D eigenvalue weighted by atomic mass is 16.4. The van der Waals surface area contributed by atoms with Crippen LogP contribution in [0, 0.1) is 12.8 Å². The number of carboxylic acids is 1. The van der Waals surface area contributed by atoms with Crippen molar-refractivity contribution in [1.29, 1.82) is 0 Å². The molecule has 0 saturated carbocycles. The van der Waals surface area contributed by atoms with Gasteiger partial charge in [-0.15, -0.1) is 0 Å². The second kappa shape index (κ2) is 4.53. The molecule has 1 aliphatic rings. The lowest BCUT2D eigenvalue weighted by Gasteiger charge is -2.30. The van der Waals surface area contributed by atoms with Gasteiger partial charge >= 0.3 is 5.97 Å². The Hall–Kier alpha value is -1.91. The van der Waals surface area contributed by atoms with E-state index in [1.165, 1.54) is 4.90 Å². The van der Waals surface area contributed by atoms with Gasteiger partial charge in [0.05, 0.1) is 5.92 Å². The minimum Gasteiger partial charge on any atom is -0.481 e. The van der Waals surface area contributed by atoms with Gasteiger partial charge in [-0.3, -0.25) is 14.6 Å². The Bertz CT molecular complexity index is 459. The van der Waals surface area contributed by atoms with Gasteiger partial charge < -0.3 is 10.0 Å². The van der Waals surface area contributed by atoms with Crippen LogP contribution in [-0.4, -0.2) is 28.5 Å². The van der Waals surface area contributed by atoms with Crippen LogP contribution in [-0.2, 0) is 9.59 Å². The van der Waals surface area contributed by atoms with Gasteiger partial charge in [-0.2, -0.15) is 0 Å². The number of anilines is 1. The van der Waals surface area contributed by atoms with E-state index in [0.717, 1.165) is 11.4 Å². The zero-order valence-corrected chi connectivity index (χ0v) is 9.59. The third kappa shape index (κ3) is 2.43. The molecule has 17 heavy (non-hydrogen) atoms. The maximum absolute atomic E-state index is 11.8. The van der Waals surface area contributed by atoms with Crippen LogP contribution < -0.4 is 4.90 Å². The van der Waals surface area contributed by atoms with Crippen LogP contribution in [0.25, 0.3) is 0 Å². The number of aryl methyl sites for hydroxylation is 1. The molecule has 1 amide bonds. The molecule has 1 unspecified atom stereocenters. The summed E-state index contributed by atoms with van der Waals surface area (Å²) in [7, 11) is 0. The summed E-state index contributed by atoms with van der Waals surface area (Å²) in [6, 6.07) is 3.53. The lowest BCUT2D eigenvalue weighted by Crippen LogP contribution is -2.42. The van der Waals surface area contributed by atoms with E-state index in [9.17, 15) is 9.59 Å². The quantitative estimate of drug-likeness (QED) is 0.835. The van der Waals surface area contributed by atoms with Crippen molar-refractivity contribution in [3.63, 3.8) is 0 Å². The molecule has 0 spiro atoms. The summed E-state index contributed by atoms with van der Waals surface area (Å²) in [5.41, 5.74) is 1.54. The number of hydrogen-bond acceptors (Lipinski definition) is 3. The van der Waals surface area contributed by atoms with E-state index in [-0.39, 0.29) is 12.5 Å². The number of amides is 1. The SMILES string of the molecule is Cc1cc(N2CC(C(=O)O)CCC2=O)ccn1. The van der Waals surface area contributed by atoms with Crippen LogP contribution in [0.4, 0.5) is 5.69 Å². The number of rotatable bonds is 2. The second-order valence-electron chi connectivity index (χ2n) is 4.23. The van der Waals surface area contributed by atoms with E-state index in [1.807, 2.05) is 6.92 Å². The number of aromatic nitrogens is 1. The number of aliphatic carboxylic acids is 1. The number of carbonyl (C=O) groups is 2. The number of carboxylic acid groups (broad SMARTS) is 1. The number of carbonyl (C=O) groups excluding carboxylic acids is 1. The molecule has 1 N–H and O–H groups in total. The number of hydrogen-bond donors (Lipinski definition) is 1. The molecule has 1 atom stereocenters. The van der Waals surface area contributed by atoms with E-state index in [4.69, 9.17) is 5.11 Å². The van der Waals surface area contributed by atoms with Gasteiger partial charge in [-0.25, -0.2) is 0 Å². The molecule has 2 heterocycles. The largest absolute Gasteiger partial charge is 0.481 e. The first-order chi connectivity index (χ1) is 8.08. The zero-order chi connectivity index (χ0) is 12.4. The van der Waals surface area contributed by atoms with Crippen LogP contribution in [0.15, 0.2) is 18.3 Å². The predicted molar refractivity (Wildman–Crippen MR) is 61.7 cm³/mol. The van der Waals surface area contributed by atoms with Crippen molar-refractivity contribution in [2.24, 2.45) is 5.92 Å². The van der Waals surface area contributed by atoms with Crippen LogP contribution >= 0.6 is 0 Å². The second-order valence-corrected chi connectivity index (χ2v) is 4.23. The van der Waals surface area contributed by atoms with Crippen molar-refractivity contribution in [1.82, 2.24) is 4.98 Å². The van der Waals surface area contributed by atoms with E-state index in [2.05, 4.69) is 4.98 Å². The summed E-state index contributed by atoms with van der Waals surface area (Å²) in [6.07, 6.45) is 2.34. The van der Waals surface area contributed by atoms with E-state index >= 15 is 0 Å². The van der Waals surface area contributed by atoms with Gasteiger partial charge in [0.15, 0.2) is 0 Å². The highest BCUT2D eigenvalue weighted by Gasteiger charge is 2.30. The lowest BCUT2D eigenvalue weighted by atomic mass is 9.97. The molecule has 0 bridgehead atoms. The van der Waals surface area contributed by atoms with Crippen LogP contribution in [0.3, 0.4) is 0 Å². The maximum atomic E-state index is 11.8. The molecule has 2 rings (SSSR count). The van der Waals surface area contributed by atoms with Crippen molar-refractivity contribution in [3.8, 4) is 0 Å². The molecule has 1 saturated heterocycles. The van der Waals surface area contributed by atoms with Crippen molar-refractivity contribution in [2.45, 2.75) is 19.8 Å². The average molecular weight is 234 g/mol. The molecule has 90 valence electrons. The molecule has 1 aromatic heterocycles. The maximum Gasteiger partial charge on any atom is 0.308 e. The molecular weight excluding hydrogens is 220 g/mol. The molecule has 0 radical (unpaired) electrons. The third-order valence-electron chi connectivity index (χ3n) is 2.95. The molecule has 1 aromatic rings. The zero-order valence-electron chi connectivity index (χ0n) is 9.59. The fraction of sp³-hybridized carbons (Fsp3) is 0.417. The Balaban J connectivity index is 2.23. The fourth-order valence-corrected chi connectivity index (χ4v) is 2.00. The first kappa shape index (κ1) is 11.6. The molecule has 1 fully saturated rings. The molecule has 0 aromatic carbocycles. The number of piperidine rings is 1. The Kier molecular flexibility index (Phi) is 3.08. The van der Waals surface area contributed by atoms with Gasteiger partial charge in [0, 0.05) is 30.5 Å². The van der Waals surface area contributed by atoms with E-state index in [1.54, 1.807) is 18.3 Å². The lowest BCUT2D eigenvalue weighted by molar-refractivity contribution is -0.142. The van der Waals surface area contributed by atoms with E-state index in [0.29, 0.717) is 12.8 Å². The summed E-state index contributed by atoms with van der Waals surface area (Å²) in [5.74, 6) is -1.33. The number of pyridine rings is 1. The molecular formula is C12H14N2O3.